The standard InChI is InChI=1S/C20H21F2NO3/c1-14-5-7-15(8-6-14)26-13-16-12-23(9-10-25-16)20(24)11-17-18(21)3-2-4-19(17)22/h2-8,16H,9-13H2,1H3. The van der Waals surface area contributed by atoms with Crippen LogP contribution in [-0.2, 0) is 16.0 Å². The number of amides is 1. The second-order valence-electron chi connectivity index (χ2n) is 6.33. The second-order valence-corrected chi connectivity index (χ2v) is 6.33. The lowest BCUT2D eigenvalue weighted by molar-refractivity contribution is -0.139. The SMILES string of the molecule is Cc1ccc(OCC2CN(C(=O)Cc3c(F)cccc3F)CCO2)cc1. The van der Waals surface area contributed by atoms with E-state index in [1.807, 2.05) is 31.2 Å². The fourth-order valence-electron chi connectivity index (χ4n) is 2.83. The molecule has 1 saturated heterocycles. The van der Waals surface area contributed by atoms with Gasteiger partial charge in [-0.3, -0.25) is 4.79 Å². The lowest BCUT2D eigenvalue weighted by Crippen LogP contribution is -2.48. The molecule has 1 heterocycles. The van der Waals surface area contributed by atoms with Gasteiger partial charge < -0.3 is 14.4 Å². The van der Waals surface area contributed by atoms with Crippen LogP contribution in [0, 0.1) is 18.6 Å². The molecule has 1 unspecified atom stereocenters. The first-order valence-electron chi connectivity index (χ1n) is 8.54. The molecule has 0 radical (unpaired) electrons. The van der Waals surface area contributed by atoms with Crippen molar-refractivity contribution in [3.63, 3.8) is 0 Å². The van der Waals surface area contributed by atoms with E-state index >= 15 is 0 Å². The van der Waals surface area contributed by atoms with Gasteiger partial charge in [-0.15, -0.1) is 0 Å². The van der Waals surface area contributed by atoms with Gasteiger partial charge >= 0.3 is 0 Å². The summed E-state index contributed by atoms with van der Waals surface area (Å²) in [6.45, 7) is 3.40. The number of rotatable bonds is 5. The first kappa shape index (κ1) is 18.3. The van der Waals surface area contributed by atoms with Crippen LogP contribution in [0.5, 0.6) is 5.75 Å². The Hall–Kier alpha value is -2.47. The Kier molecular flexibility index (Phi) is 5.83. The Morgan fingerprint density at radius 2 is 1.88 bits per heavy atom. The van der Waals surface area contributed by atoms with Crippen LogP contribution in [0.3, 0.4) is 0 Å². The number of hydrogen-bond donors (Lipinski definition) is 0. The quantitative estimate of drug-likeness (QED) is 0.821. The van der Waals surface area contributed by atoms with Crippen molar-refractivity contribution < 1.29 is 23.0 Å². The number of hydrogen-bond acceptors (Lipinski definition) is 3. The number of benzene rings is 2. The summed E-state index contributed by atoms with van der Waals surface area (Å²) in [5.74, 6) is -0.995. The largest absolute Gasteiger partial charge is 0.491 e. The Labute approximate surface area is 151 Å². The summed E-state index contributed by atoms with van der Waals surface area (Å²) in [6, 6.07) is 11.3. The third kappa shape index (κ3) is 4.58. The molecule has 0 N–H and O–H groups in total. The zero-order valence-corrected chi connectivity index (χ0v) is 14.6. The summed E-state index contributed by atoms with van der Waals surface area (Å²) in [7, 11) is 0. The smallest absolute Gasteiger partial charge is 0.227 e. The molecule has 2 aromatic rings. The molecule has 1 amide bonds. The number of morpholine rings is 1. The maximum atomic E-state index is 13.7. The van der Waals surface area contributed by atoms with E-state index < -0.39 is 11.6 Å². The van der Waals surface area contributed by atoms with Crippen LogP contribution in [0.1, 0.15) is 11.1 Å². The maximum absolute atomic E-state index is 13.7. The van der Waals surface area contributed by atoms with Gasteiger partial charge in [0.1, 0.15) is 30.1 Å². The van der Waals surface area contributed by atoms with Crippen LogP contribution < -0.4 is 4.74 Å². The highest BCUT2D eigenvalue weighted by Crippen LogP contribution is 2.16. The maximum Gasteiger partial charge on any atom is 0.227 e. The molecular weight excluding hydrogens is 340 g/mol. The highest BCUT2D eigenvalue weighted by Gasteiger charge is 2.26. The minimum absolute atomic E-state index is 0.198. The van der Waals surface area contributed by atoms with Crippen molar-refractivity contribution >= 4 is 5.91 Å². The molecule has 1 aliphatic rings. The van der Waals surface area contributed by atoms with E-state index in [-0.39, 0.29) is 24.0 Å². The molecule has 0 aromatic heterocycles. The molecule has 0 aliphatic carbocycles. The zero-order chi connectivity index (χ0) is 18.5. The van der Waals surface area contributed by atoms with Gasteiger partial charge in [-0.2, -0.15) is 0 Å². The van der Waals surface area contributed by atoms with Gasteiger partial charge in [0.15, 0.2) is 0 Å². The molecule has 1 aliphatic heterocycles. The lowest BCUT2D eigenvalue weighted by atomic mass is 10.1. The number of ether oxygens (including phenoxy) is 2. The molecule has 0 spiro atoms. The predicted molar refractivity (Wildman–Crippen MR) is 93.1 cm³/mol. The Morgan fingerprint density at radius 1 is 1.19 bits per heavy atom. The topological polar surface area (TPSA) is 38.8 Å². The van der Waals surface area contributed by atoms with Gasteiger partial charge in [-0.1, -0.05) is 23.8 Å². The van der Waals surface area contributed by atoms with Gasteiger partial charge in [0, 0.05) is 12.1 Å². The minimum Gasteiger partial charge on any atom is -0.491 e. The zero-order valence-electron chi connectivity index (χ0n) is 14.6. The Bertz CT molecular complexity index is 744. The molecule has 1 atom stereocenters. The van der Waals surface area contributed by atoms with Crippen LogP contribution in [0.15, 0.2) is 42.5 Å². The Morgan fingerprint density at radius 3 is 2.58 bits per heavy atom. The van der Waals surface area contributed by atoms with E-state index in [1.54, 1.807) is 4.90 Å². The average Bonchev–Trinajstić information content (AvgIpc) is 2.64. The summed E-state index contributed by atoms with van der Waals surface area (Å²) in [5, 5.41) is 0. The van der Waals surface area contributed by atoms with Crippen LogP contribution in [0.2, 0.25) is 0 Å². The second kappa shape index (κ2) is 8.27. The fourth-order valence-corrected chi connectivity index (χ4v) is 2.83. The molecule has 26 heavy (non-hydrogen) atoms. The van der Waals surface area contributed by atoms with Crippen LogP contribution >= 0.6 is 0 Å². The molecule has 2 aromatic carbocycles. The van der Waals surface area contributed by atoms with Gasteiger partial charge in [-0.25, -0.2) is 8.78 Å². The number of aryl methyl sites for hydroxylation is 1. The number of nitrogens with zero attached hydrogens (tertiary/aromatic N) is 1. The van der Waals surface area contributed by atoms with Gasteiger partial charge in [0.2, 0.25) is 5.91 Å². The molecule has 1 fully saturated rings. The predicted octanol–water partition coefficient (Wildman–Crippen LogP) is 3.12. The number of carbonyl (C=O) groups is 1. The molecule has 6 heteroatoms. The minimum atomic E-state index is -0.703. The van der Waals surface area contributed by atoms with Crippen molar-refractivity contribution in [2.75, 3.05) is 26.3 Å². The van der Waals surface area contributed by atoms with E-state index in [0.29, 0.717) is 26.3 Å². The van der Waals surface area contributed by atoms with E-state index in [4.69, 9.17) is 9.47 Å². The van der Waals surface area contributed by atoms with Gasteiger partial charge in [0.25, 0.3) is 0 Å². The number of carbonyl (C=O) groups excluding carboxylic acids is 1. The summed E-state index contributed by atoms with van der Waals surface area (Å²) in [6.07, 6.45) is -0.580. The van der Waals surface area contributed by atoms with Crippen molar-refractivity contribution in [3.05, 3.63) is 65.2 Å². The van der Waals surface area contributed by atoms with E-state index in [9.17, 15) is 13.6 Å². The van der Waals surface area contributed by atoms with Crippen molar-refractivity contribution in [2.45, 2.75) is 19.4 Å². The first-order valence-corrected chi connectivity index (χ1v) is 8.54. The van der Waals surface area contributed by atoms with Crippen molar-refractivity contribution in [2.24, 2.45) is 0 Å². The summed E-state index contributed by atoms with van der Waals surface area (Å²) >= 11 is 0. The Balaban J connectivity index is 1.55. The summed E-state index contributed by atoms with van der Waals surface area (Å²) in [5.41, 5.74) is 0.944. The molecular formula is C20H21F2NO3. The molecule has 4 nitrogen and oxygen atoms in total. The molecule has 3 rings (SSSR count). The van der Waals surface area contributed by atoms with Gasteiger partial charge in [0.05, 0.1) is 19.6 Å². The average molecular weight is 361 g/mol. The van der Waals surface area contributed by atoms with Crippen molar-refractivity contribution in [1.29, 1.82) is 0 Å². The van der Waals surface area contributed by atoms with Crippen molar-refractivity contribution in [1.82, 2.24) is 4.90 Å². The summed E-state index contributed by atoms with van der Waals surface area (Å²) in [4.78, 5) is 14.0. The third-order valence-electron chi connectivity index (χ3n) is 4.34. The lowest BCUT2D eigenvalue weighted by Gasteiger charge is -2.33. The molecule has 138 valence electrons. The van der Waals surface area contributed by atoms with Crippen LogP contribution in [0.4, 0.5) is 8.78 Å². The summed E-state index contributed by atoms with van der Waals surface area (Å²) < 4.78 is 38.8. The number of halogens is 2. The highest BCUT2D eigenvalue weighted by molar-refractivity contribution is 5.79. The van der Waals surface area contributed by atoms with Gasteiger partial charge in [-0.05, 0) is 31.2 Å². The normalized spacial score (nSPS) is 17.2. The third-order valence-corrected chi connectivity index (χ3v) is 4.34. The monoisotopic (exact) mass is 361 g/mol. The fraction of sp³-hybridized carbons (Fsp3) is 0.350. The van der Waals surface area contributed by atoms with Crippen molar-refractivity contribution in [3.8, 4) is 5.75 Å². The highest BCUT2D eigenvalue weighted by atomic mass is 19.1. The van der Waals surface area contributed by atoms with Crippen LogP contribution in [0.25, 0.3) is 0 Å². The first-order chi connectivity index (χ1) is 12.5. The molecule has 0 saturated carbocycles. The van der Waals surface area contributed by atoms with E-state index in [2.05, 4.69) is 0 Å². The molecule has 0 bridgehead atoms. The van der Waals surface area contributed by atoms with Crippen LogP contribution in [-0.4, -0.2) is 43.2 Å². The van der Waals surface area contributed by atoms with E-state index in [0.717, 1.165) is 23.4 Å². The van der Waals surface area contributed by atoms with E-state index in [1.165, 1.54) is 6.07 Å².